The minimum absolute atomic E-state index is 0.277. The summed E-state index contributed by atoms with van der Waals surface area (Å²) in [6.07, 6.45) is 9.90. The second-order valence-corrected chi connectivity index (χ2v) is 5.39. The lowest BCUT2D eigenvalue weighted by molar-refractivity contribution is -0.139. The summed E-state index contributed by atoms with van der Waals surface area (Å²) < 4.78 is 5.20. The summed E-state index contributed by atoms with van der Waals surface area (Å²) in [4.78, 5) is 11.0. The van der Waals surface area contributed by atoms with Crippen LogP contribution in [-0.4, -0.2) is 12.6 Å². The van der Waals surface area contributed by atoms with Crippen LogP contribution in [0.25, 0.3) is 0 Å². The summed E-state index contributed by atoms with van der Waals surface area (Å²) in [6, 6.07) is 0. The molecule has 2 bridgehead atoms. The third-order valence-corrected chi connectivity index (χ3v) is 4.75. The number of allylic oxidation sites excluding steroid dienone is 2. The first-order valence-electron chi connectivity index (χ1n) is 6.25. The SMILES string of the molecule is C=CC(=O)OCC1CC2CC1C1C=CCC21. The first-order chi connectivity index (χ1) is 7.79. The van der Waals surface area contributed by atoms with Crippen molar-refractivity contribution in [3.63, 3.8) is 0 Å². The molecule has 3 aliphatic carbocycles. The molecule has 86 valence electrons. The maximum atomic E-state index is 11.0. The standard InChI is InChI=1S/C14H18O2/c1-2-14(15)16-8-10-6-9-7-13(10)12-5-3-4-11(9)12/h2-3,5,9-13H,1,4,6-8H2. The molecule has 2 fully saturated rings. The highest BCUT2D eigenvalue weighted by atomic mass is 16.5. The average molecular weight is 218 g/mol. The van der Waals surface area contributed by atoms with E-state index in [0.29, 0.717) is 12.5 Å². The minimum Gasteiger partial charge on any atom is -0.462 e. The highest BCUT2D eigenvalue weighted by Crippen LogP contribution is 2.58. The van der Waals surface area contributed by atoms with Crippen LogP contribution in [0.3, 0.4) is 0 Å². The van der Waals surface area contributed by atoms with Gasteiger partial charge < -0.3 is 4.74 Å². The molecule has 2 saturated carbocycles. The highest BCUT2D eigenvalue weighted by Gasteiger charge is 2.52. The second-order valence-electron chi connectivity index (χ2n) is 5.39. The number of hydrogen-bond donors (Lipinski definition) is 0. The van der Waals surface area contributed by atoms with E-state index in [-0.39, 0.29) is 5.97 Å². The van der Waals surface area contributed by atoms with E-state index in [4.69, 9.17) is 4.74 Å². The zero-order valence-electron chi connectivity index (χ0n) is 9.47. The van der Waals surface area contributed by atoms with Crippen LogP contribution in [-0.2, 0) is 9.53 Å². The molecule has 16 heavy (non-hydrogen) atoms. The summed E-state index contributed by atoms with van der Waals surface area (Å²) in [5.41, 5.74) is 0. The van der Waals surface area contributed by atoms with E-state index in [0.717, 1.165) is 23.7 Å². The number of esters is 1. The second kappa shape index (κ2) is 3.76. The molecule has 0 radical (unpaired) electrons. The third-order valence-electron chi connectivity index (χ3n) is 4.75. The molecule has 2 heteroatoms. The molecule has 3 rings (SSSR count). The molecule has 3 aliphatic rings. The molecule has 5 unspecified atom stereocenters. The lowest BCUT2D eigenvalue weighted by atomic mass is 9.76. The van der Waals surface area contributed by atoms with Gasteiger partial charge in [-0.1, -0.05) is 18.7 Å². The topological polar surface area (TPSA) is 26.3 Å². The molecule has 0 aromatic heterocycles. The summed E-state index contributed by atoms with van der Waals surface area (Å²) >= 11 is 0. The number of ether oxygens (including phenoxy) is 1. The van der Waals surface area contributed by atoms with Gasteiger partial charge in [-0.15, -0.1) is 0 Å². The van der Waals surface area contributed by atoms with E-state index in [1.165, 1.54) is 25.3 Å². The fourth-order valence-electron chi connectivity index (χ4n) is 4.12. The highest BCUT2D eigenvalue weighted by molar-refractivity contribution is 5.81. The van der Waals surface area contributed by atoms with Gasteiger partial charge in [-0.05, 0) is 48.9 Å². The monoisotopic (exact) mass is 218 g/mol. The Morgan fingerprint density at radius 3 is 3.12 bits per heavy atom. The zero-order chi connectivity index (χ0) is 11.1. The van der Waals surface area contributed by atoms with Crippen LogP contribution in [0.5, 0.6) is 0 Å². The van der Waals surface area contributed by atoms with E-state index in [1.807, 2.05) is 0 Å². The number of fused-ring (bicyclic) bond motifs is 5. The normalized spacial score (nSPS) is 43.4. The van der Waals surface area contributed by atoms with Crippen molar-refractivity contribution in [2.75, 3.05) is 6.61 Å². The van der Waals surface area contributed by atoms with Crippen LogP contribution in [0.1, 0.15) is 19.3 Å². The molecule has 0 saturated heterocycles. The predicted octanol–water partition coefficient (Wildman–Crippen LogP) is 2.56. The Bertz CT molecular complexity index is 345. The van der Waals surface area contributed by atoms with E-state index in [9.17, 15) is 4.79 Å². The van der Waals surface area contributed by atoms with Crippen LogP contribution < -0.4 is 0 Å². The maximum Gasteiger partial charge on any atom is 0.330 e. The van der Waals surface area contributed by atoms with Gasteiger partial charge in [0, 0.05) is 6.08 Å². The molecule has 0 heterocycles. The third kappa shape index (κ3) is 1.43. The van der Waals surface area contributed by atoms with Gasteiger partial charge in [0.05, 0.1) is 6.61 Å². The van der Waals surface area contributed by atoms with Crippen LogP contribution in [0.2, 0.25) is 0 Å². The van der Waals surface area contributed by atoms with Gasteiger partial charge in [0.25, 0.3) is 0 Å². The van der Waals surface area contributed by atoms with Gasteiger partial charge in [-0.3, -0.25) is 0 Å². The summed E-state index contributed by atoms with van der Waals surface area (Å²) in [6.45, 7) is 4.02. The van der Waals surface area contributed by atoms with Crippen LogP contribution in [0.15, 0.2) is 24.8 Å². The first-order valence-corrected chi connectivity index (χ1v) is 6.25. The molecular formula is C14H18O2. The molecular weight excluding hydrogens is 200 g/mol. The van der Waals surface area contributed by atoms with E-state index in [1.54, 1.807) is 0 Å². The van der Waals surface area contributed by atoms with Crippen LogP contribution >= 0.6 is 0 Å². The van der Waals surface area contributed by atoms with Crippen molar-refractivity contribution >= 4 is 5.97 Å². The lowest BCUT2D eigenvalue weighted by Gasteiger charge is -2.30. The maximum absolute atomic E-state index is 11.0. The van der Waals surface area contributed by atoms with Gasteiger partial charge >= 0.3 is 5.97 Å². The number of hydrogen-bond acceptors (Lipinski definition) is 2. The van der Waals surface area contributed by atoms with Gasteiger partial charge in [-0.25, -0.2) is 4.79 Å². The Morgan fingerprint density at radius 1 is 1.44 bits per heavy atom. The van der Waals surface area contributed by atoms with Gasteiger partial charge in [-0.2, -0.15) is 0 Å². The van der Waals surface area contributed by atoms with Crippen molar-refractivity contribution in [3.05, 3.63) is 24.8 Å². The van der Waals surface area contributed by atoms with E-state index in [2.05, 4.69) is 18.7 Å². The minimum atomic E-state index is -0.277. The Morgan fingerprint density at radius 2 is 2.31 bits per heavy atom. The van der Waals surface area contributed by atoms with Crippen molar-refractivity contribution < 1.29 is 9.53 Å². The van der Waals surface area contributed by atoms with Crippen LogP contribution in [0, 0.1) is 29.6 Å². The molecule has 0 spiro atoms. The average Bonchev–Trinajstić information content (AvgIpc) is 2.96. The molecule has 0 aromatic carbocycles. The summed E-state index contributed by atoms with van der Waals surface area (Å²) in [5.74, 6) is 3.67. The Labute approximate surface area is 96.4 Å². The molecule has 0 aliphatic heterocycles. The first kappa shape index (κ1) is 10.1. The lowest BCUT2D eigenvalue weighted by Crippen LogP contribution is -2.27. The van der Waals surface area contributed by atoms with Gasteiger partial charge in [0.1, 0.15) is 0 Å². The van der Waals surface area contributed by atoms with Crippen molar-refractivity contribution in [3.8, 4) is 0 Å². The summed E-state index contributed by atoms with van der Waals surface area (Å²) in [5, 5.41) is 0. The van der Waals surface area contributed by atoms with E-state index >= 15 is 0 Å². The fraction of sp³-hybridized carbons (Fsp3) is 0.643. The number of carbonyl (C=O) groups excluding carboxylic acids is 1. The molecule has 0 N–H and O–H groups in total. The molecule has 0 amide bonds. The Balaban J connectivity index is 1.61. The molecule has 2 nitrogen and oxygen atoms in total. The Kier molecular flexibility index (Phi) is 2.38. The smallest absolute Gasteiger partial charge is 0.330 e. The quantitative estimate of drug-likeness (QED) is 0.413. The summed E-state index contributed by atoms with van der Waals surface area (Å²) in [7, 11) is 0. The van der Waals surface area contributed by atoms with Crippen LogP contribution in [0.4, 0.5) is 0 Å². The van der Waals surface area contributed by atoms with Crippen molar-refractivity contribution in [1.82, 2.24) is 0 Å². The van der Waals surface area contributed by atoms with Gasteiger partial charge in [0.15, 0.2) is 0 Å². The zero-order valence-corrected chi connectivity index (χ0v) is 9.47. The van der Waals surface area contributed by atoms with E-state index < -0.39 is 0 Å². The number of carbonyl (C=O) groups is 1. The predicted molar refractivity (Wildman–Crippen MR) is 61.6 cm³/mol. The molecule has 0 aromatic rings. The Hall–Kier alpha value is -1.05. The largest absolute Gasteiger partial charge is 0.462 e. The van der Waals surface area contributed by atoms with Crippen molar-refractivity contribution in [1.29, 1.82) is 0 Å². The fourth-order valence-corrected chi connectivity index (χ4v) is 4.12. The van der Waals surface area contributed by atoms with Crippen molar-refractivity contribution in [2.24, 2.45) is 29.6 Å². The number of rotatable bonds is 3. The van der Waals surface area contributed by atoms with Gasteiger partial charge in [0.2, 0.25) is 0 Å². The molecule has 5 atom stereocenters. The van der Waals surface area contributed by atoms with Crippen molar-refractivity contribution in [2.45, 2.75) is 19.3 Å².